The monoisotopic (exact) mass is 396 g/mol. The summed E-state index contributed by atoms with van der Waals surface area (Å²) in [5.41, 5.74) is -0.378. The van der Waals surface area contributed by atoms with Crippen LogP contribution in [-0.4, -0.2) is 27.9 Å². The van der Waals surface area contributed by atoms with E-state index < -0.39 is 33.6 Å². The van der Waals surface area contributed by atoms with Crippen molar-refractivity contribution in [2.24, 2.45) is 0 Å². The van der Waals surface area contributed by atoms with E-state index in [2.05, 4.69) is 4.74 Å². The fraction of sp³-hybridized carbons (Fsp3) is 0.300. The molecule has 0 fully saturated rings. The van der Waals surface area contributed by atoms with Gasteiger partial charge in [-0.15, -0.1) is 0 Å². The van der Waals surface area contributed by atoms with Crippen molar-refractivity contribution in [2.45, 2.75) is 16.7 Å². The fourth-order valence-electron chi connectivity index (χ4n) is 1.21. The molecule has 0 aliphatic carbocycles. The lowest BCUT2D eigenvalue weighted by molar-refractivity contribution is -0.259. The van der Waals surface area contributed by atoms with Gasteiger partial charge in [-0.2, -0.15) is 26.3 Å². The predicted molar refractivity (Wildman–Crippen MR) is 63.5 cm³/mol. The molecule has 1 aromatic rings. The number of alkyl halides is 7. The Kier molecular flexibility index (Phi) is 4.99. The third-order valence-electron chi connectivity index (χ3n) is 2.33. The summed E-state index contributed by atoms with van der Waals surface area (Å²) < 4.78 is 74.6. The van der Waals surface area contributed by atoms with Crippen molar-refractivity contribution in [3.63, 3.8) is 0 Å². The van der Waals surface area contributed by atoms with Crippen LogP contribution in [0.5, 0.6) is 5.75 Å². The van der Waals surface area contributed by atoms with Gasteiger partial charge in [0.05, 0.1) is 5.69 Å². The summed E-state index contributed by atoms with van der Waals surface area (Å²) in [6, 6.07) is 3.09. The Labute approximate surface area is 126 Å². The Balaban J connectivity index is 3.08. The van der Waals surface area contributed by atoms with Crippen LogP contribution < -0.4 is 9.96 Å². The topological polar surface area (TPSA) is 72.8 Å². The Morgan fingerprint density at radius 2 is 1.50 bits per heavy atom. The van der Waals surface area contributed by atoms with Crippen LogP contribution in [0.3, 0.4) is 0 Å². The van der Waals surface area contributed by atoms with E-state index in [1.54, 1.807) is 0 Å². The van der Waals surface area contributed by atoms with Crippen molar-refractivity contribution in [1.29, 1.82) is 0 Å². The second-order valence-electron chi connectivity index (χ2n) is 3.81. The molecule has 1 rings (SSSR count). The number of esters is 1. The molecule has 0 amide bonds. The van der Waals surface area contributed by atoms with Crippen LogP contribution in [0.15, 0.2) is 24.3 Å². The minimum atomic E-state index is -6.00. The van der Waals surface area contributed by atoms with Crippen LogP contribution in [0, 0.1) is 5.21 Å². The highest BCUT2D eigenvalue weighted by atomic mass is 79.9. The molecule has 0 saturated carbocycles. The maximum Gasteiger partial charge on any atom is 0.423 e. The normalized spacial score (nSPS) is 13.0. The highest BCUT2D eigenvalue weighted by Gasteiger charge is 2.75. The van der Waals surface area contributed by atoms with E-state index in [0.29, 0.717) is 0 Å². The number of hydrogen-bond acceptors (Lipinski definition) is 5. The van der Waals surface area contributed by atoms with Gasteiger partial charge in [-0.1, -0.05) is 15.9 Å². The number of ether oxygens (including phenoxy) is 1. The molecule has 0 aliphatic rings. The van der Waals surface area contributed by atoms with Crippen molar-refractivity contribution < 1.29 is 41.1 Å². The molecule has 12 heteroatoms. The molecule has 22 heavy (non-hydrogen) atoms. The number of hydrogen-bond donors (Lipinski definition) is 1. The van der Waals surface area contributed by atoms with Crippen LogP contribution >= 0.6 is 15.9 Å². The van der Waals surface area contributed by atoms with Crippen molar-refractivity contribution >= 4 is 27.6 Å². The van der Waals surface area contributed by atoms with Gasteiger partial charge in [-0.25, -0.2) is 4.79 Å². The van der Waals surface area contributed by atoms with Gasteiger partial charge < -0.3 is 15.2 Å². The molecular weight excluding hydrogens is 392 g/mol. The predicted octanol–water partition coefficient (Wildman–Crippen LogP) is 3.54. The molecule has 0 heterocycles. The molecule has 0 aliphatic heterocycles. The fourth-order valence-corrected chi connectivity index (χ4v) is 1.29. The number of halogens is 7. The summed E-state index contributed by atoms with van der Waals surface area (Å²) in [5.74, 6) is -3.34. The molecule has 0 saturated heterocycles. The maximum absolute atomic E-state index is 12.6. The smallest absolute Gasteiger partial charge is 0.423 e. The van der Waals surface area contributed by atoms with Crippen molar-refractivity contribution in [3.05, 3.63) is 29.5 Å². The molecular formula is C10H5BrF6NO4-. The van der Waals surface area contributed by atoms with Gasteiger partial charge in [0.15, 0.2) is 0 Å². The van der Waals surface area contributed by atoms with Crippen LogP contribution in [0.1, 0.15) is 0 Å². The van der Waals surface area contributed by atoms with Crippen molar-refractivity contribution in [2.75, 3.05) is 5.23 Å². The standard InChI is InChI=1S/C10H5BrF6NO4/c11-8(9(12,13)14,10(15,16)17)7(19)22-6-3-1-5(2-4-6)18(20)21/h1-4,20H/q-1. The van der Waals surface area contributed by atoms with E-state index in [0.717, 1.165) is 24.3 Å². The lowest BCUT2D eigenvalue weighted by Gasteiger charge is -2.29. The molecule has 0 atom stereocenters. The Hall–Kier alpha value is -1.53. The van der Waals surface area contributed by atoms with Gasteiger partial charge in [0.25, 0.3) is 0 Å². The summed E-state index contributed by atoms with van der Waals surface area (Å²) in [5, 5.41) is 18.4. The van der Waals surface area contributed by atoms with Gasteiger partial charge >= 0.3 is 22.6 Å². The minimum absolute atomic E-state index is 0.378. The lowest BCUT2D eigenvalue weighted by Crippen LogP contribution is -2.59. The molecule has 5 nitrogen and oxygen atoms in total. The number of carbonyl (C=O) groups is 1. The quantitative estimate of drug-likeness (QED) is 0.278. The molecule has 0 radical (unpaired) electrons. The maximum atomic E-state index is 12.6. The van der Waals surface area contributed by atoms with Gasteiger partial charge in [-0.3, -0.25) is 5.21 Å². The first kappa shape index (κ1) is 18.5. The number of carbonyl (C=O) groups excluding carboxylic acids is 1. The van der Waals surface area contributed by atoms with Crippen LogP contribution in [0.2, 0.25) is 0 Å². The largest absolute Gasteiger partial charge is 0.733 e. The number of rotatable bonds is 3. The number of nitrogens with zero attached hydrogens (tertiary/aromatic N) is 1. The minimum Gasteiger partial charge on any atom is -0.733 e. The van der Waals surface area contributed by atoms with E-state index >= 15 is 0 Å². The second kappa shape index (κ2) is 5.93. The average Bonchev–Trinajstić information content (AvgIpc) is 2.35. The third-order valence-corrected chi connectivity index (χ3v) is 3.55. The van der Waals surface area contributed by atoms with E-state index in [1.165, 1.54) is 15.9 Å². The molecule has 1 aromatic carbocycles. The van der Waals surface area contributed by atoms with Crippen LogP contribution in [0.25, 0.3) is 0 Å². The van der Waals surface area contributed by atoms with E-state index in [4.69, 9.17) is 5.21 Å². The first-order valence-corrected chi connectivity index (χ1v) is 5.91. The van der Waals surface area contributed by atoms with Gasteiger partial charge in [0, 0.05) is 0 Å². The number of benzene rings is 1. The average molecular weight is 397 g/mol. The van der Waals surface area contributed by atoms with Crippen LogP contribution in [0.4, 0.5) is 32.0 Å². The summed E-state index contributed by atoms with van der Waals surface area (Å²) >= 11 is 1.36. The molecule has 0 spiro atoms. The van der Waals surface area contributed by atoms with Crippen LogP contribution in [-0.2, 0) is 4.79 Å². The molecule has 0 aromatic heterocycles. The zero-order chi connectivity index (χ0) is 17.3. The molecule has 0 unspecified atom stereocenters. The summed E-state index contributed by atoms with van der Waals surface area (Å²) in [7, 11) is 0. The van der Waals surface area contributed by atoms with Gasteiger partial charge in [-0.05, 0) is 24.3 Å². The number of anilines is 1. The molecule has 0 bridgehead atoms. The zero-order valence-corrected chi connectivity index (χ0v) is 11.7. The lowest BCUT2D eigenvalue weighted by atomic mass is 10.1. The SMILES string of the molecule is O=C(Oc1ccc(N([O-])O)cc1)C(Br)(C(F)(F)F)C(F)(F)F. The summed E-state index contributed by atoms with van der Waals surface area (Å²) in [4.78, 5) is 11.3. The van der Waals surface area contributed by atoms with E-state index in [-0.39, 0.29) is 5.69 Å². The first-order valence-electron chi connectivity index (χ1n) is 5.11. The third kappa shape index (κ3) is 3.44. The summed E-state index contributed by atoms with van der Waals surface area (Å²) in [6.45, 7) is 0. The first-order chi connectivity index (χ1) is 9.80. The van der Waals surface area contributed by atoms with E-state index in [9.17, 15) is 36.3 Å². The van der Waals surface area contributed by atoms with Crippen molar-refractivity contribution in [1.82, 2.24) is 0 Å². The highest BCUT2D eigenvalue weighted by Crippen LogP contribution is 2.50. The van der Waals surface area contributed by atoms with Gasteiger partial charge in [0.1, 0.15) is 5.75 Å². The molecule has 124 valence electrons. The van der Waals surface area contributed by atoms with E-state index in [1.807, 2.05) is 0 Å². The Morgan fingerprint density at radius 3 is 1.82 bits per heavy atom. The van der Waals surface area contributed by atoms with Gasteiger partial charge in [0.2, 0.25) is 0 Å². The second-order valence-corrected chi connectivity index (χ2v) is 5.00. The Bertz CT molecular complexity index is 528. The van der Waals surface area contributed by atoms with Crippen molar-refractivity contribution in [3.8, 4) is 5.75 Å². The molecule has 1 N–H and O–H groups in total. The Morgan fingerprint density at radius 1 is 1.09 bits per heavy atom. The summed E-state index contributed by atoms with van der Waals surface area (Å²) in [6.07, 6.45) is -12.0. The zero-order valence-electron chi connectivity index (χ0n) is 10.1. The highest BCUT2D eigenvalue weighted by molar-refractivity contribution is 9.10.